The first-order valence-corrected chi connectivity index (χ1v) is 5.15. The minimum atomic E-state index is -2.25. The Kier molecular flexibility index (Phi) is 1.77. The van der Waals surface area contributed by atoms with Crippen LogP contribution in [0.3, 0.4) is 0 Å². The van der Waals surface area contributed by atoms with Gasteiger partial charge in [0.1, 0.15) is 0 Å². The van der Waals surface area contributed by atoms with E-state index in [1.807, 2.05) is 0 Å². The molecule has 1 fully saturated rings. The Morgan fingerprint density at radius 3 is 1.75 bits per heavy atom. The van der Waals surface area contributed by atoms with Crippen molar-refractivity contribution in [2.75, 3.05) is 0 Å². The van der Waals surface area contributed by atoms with Crippen LogP contribution in [0, 0.1) is 0 Å². The number of hydrogen-bond acceptors (Lipinski definition) is 3. The predicted octanol–water partition coefficient (Wildman–Crippen LogP) is -0.998. The van der Waals surface area contributed by atoms with Gasteiger partial charge in [-0.1, -0.05) is 0 Å². The van der Waals surface area contributed by atoms with Crippen LogP contribution in [0.4, 0.5) is 0 Å². The van der Waals surface area contributed by atoms with Crippen LogP contribution in [0.5, 0.6) is 0 Å². The van der Waals surface area contributed by atoms with Crippen LogP contribution in [0.2, 0.25) is 0 Å². The molecule has 1 saturated heterocycles. The van der Waals surface area contributed by atoms with Gasteiger partial charge in [-0.15, -0.1) is 0 Å². The van der Waals surface area contributed by atoms with Crippen molar-refractivity contribution in [3.05, 3.63) is 0 Å². The van der Waals surface area contributed by atoms with E-state index in [-0.39, 0.29) is 0 Å². The summed E-state index contributed by atoms with van der Waals surface area (Å²) in [5.41, 5.74) is 0. The summed E-state index contributed by atoms with van der Waals surface area (Å²) in [6.45, 7) is 0. The molecule has 0 spiro atoms. The molecule has 0 aromatic heterocycles. The summed E-state index contributed by atoms with van der Waals surface area (Å²) in [6.07, 6.45) is 1.02. The van der Waals surface area contributed by atoms with Gasteiger partial charge in [0.25, 0.3) is 0 Å². The third kappa shape index (κ3) is 0.977. The minimum absolute atomic E-state index is 0.509. The monoisotopic (exact) mass is 184 g/mol. The first-order chi connectivity index (χ1) is 3.72. The second-order valence-corrected chi connectivity index (χ2v) is 5.48. The Morgan fingerprint density at radius 1 is 1.25 bits per heavy atom. The van der Waals surface area contributed by atoms with Gasteiger partial charge in [-0.25, -0.2) is 0 Å². The van der Waals surface area contributed by atoms with Crippen LogP contribution < -0.4 is 0 Å². The van der Waals surface area contributed by atoms with E-state index in [1.54, 1.807) is 0 Å². The Labute approximate surface area is 51.4 Å². The van der Waals surface area contributed by atoms with Gasteiger partial charge in [-0.2, -0.15) is 0 Å². The van der Waals surface area contributed by atoms with Crippen LogP contribution in [-0.2, 0) is 3.83 Å². The Balaban J connectivity index is 2.57. The standard InChI is InChI=1S/C4H8O3Se/c5-3-1-2-4(6)8(3)7/h3-6H,1-2H2. The first kappa shape index (κ1) is 6.36. The van der Waals surface area contributed by atoms with Crippen LogP contribution >= 0.6 is 0 Å². The van der Waals surface area contributed by atoms with Crippen molar-refractivity contribution < 1.29 is 14.0 Å². The van der Waals surface area contributed by atoms with Crippen molar-refractivity contribution in [2.24, 2.45) is 0 Å². The SMILES string of the molecule is O=[Se]1C(O)CCC1O. The first-order valence-electron chi connectivity index (χ1n) is 2.47. The molecule has 8 heavy (non-hydrogen) atoms. The van der Waals surface area contributed by atoms with Crippen LogP contribution in [0.25, 0.3) is 0 Å². The van der Waals surface area contributed by atoms with Gasteiger partial charge in [0, 0.05) is 0 Å². The van der Waals surface area contributed by atoms with E-state index in [9.17, 15) is 3.83 Å². The van der Waals surface area contributed by atoms with Crippen LogP contribution in [0.15, 0.2) is 0 Å². The van der Waals surface area contributed by atoms with Gasteiger partial charge < -0.3 is 0 Å². The molecule has 0 aromatic carbocycles. The van der Waals surface area contributed by atoms with E-state index >= 15 is 0 Å². The molecule has 48 valence electrons. The summed E-state index contributed by atoms with van der Waals surface area (Å²) in [4.78, 5) is 0. The average molecular weight is 183 g/mol. The maximum atomic E-state index is 10.6. The molecule has 0 saturated carbocycles. The zero-order valence-electron chi connectivity index (χ0n) is 4.28. The fourth-order valence-corrected chi connectivity index (χ4v) is 3.01. The summed E-state index contributed by atoms with van der Waals surface area (Å²) >= 11 is -2.25. The maximum absolute atomic E-state index is 10.6. The van der Waals surface area contributed by atoms with E-state index in [1.165, 1.54) is 0 Å². The molecule has 1 heterocycles. The Bertz CT molecular complexity index is 102. The third-order valence-electron chi connectivity index (χ3n) is 1.20. The summed E-state index contributed by atoms with van der Waals surface area (Å²) in [7, 11) is 0. The molecule has 0 aliphatic carbocycles. The van der Waals surface area contributed by atoms with Crippen molar-refractivity contribution >= 4 is 13.8 Å². The molecule has 3 nitrogen and oxygen atoms in total. The van der Waals surface area contributed by atoms with Gasteiger partial charge in [-0.05, 0) is 0 Å². The molecule has 0 bridgehead atoms. The molecule has 1 aliphatic rings. The number of rotatable bonds is 0. The summed E-state index contributed by atoms with van der Waals surface area (Å²) in [5.74, 6) is 0. The number of hydrogen-bond donors (Lipinski definition) is 2. The average Bonchev–Trinajstić information content (AvgIpc) is 1.98. The van der Waals surface area contributed by atoms with E-state index in [0.29, 0.717) is 12.8 Å². The number of aliphatic hydroxyl groups excluding tert-OH is 2. The molecule has 1 aliphatic heterocycles. The predicted molar refractivity (Wildman–Crippen MR) is 27.7 cm³/mol. The summed E-state index contributed by atoms with van der Waals surface area (Å²) < 4.78 is 10.6. The van der Waals surface area contributed by atoms with Gasteiger partial charge in [0.05, 0.1) is 0 Å². The Hall–Kier alpha value is 0.239. The fraction of sp³-hybridized carbons (Fsp3) is 1.00. The molecule has 0 radical (unpaired) electrons. The van der Waals surface area contributed by atoms with Crippen molar-refractivity contribution in [1.82, 2.24) is 0 Å². The normalized spacial score (nSPS) is 47.5. The van der Waals surface area contributed by atoms with Gasteiger partial charge >= 0.3 is 50.7 Å². The van der Waals surface area contributed by atoms with Gasteiger partial charge in [-0.3, -0.25) is 0 Å². The molecule has 2 atom stereocenters. The third-order valence-corrected chi connectivity index (χ3v) is 4.44. The zero-order chi connectivity index (χ0) is 6.15. The Morgan fingerprint density at radius 2 is 1.62 bits per heavy atom. The quantitative estimate of drug-likeness (QED) is 0.473. The van der Waals surface area contributed by atoms with Crippen molar-refractivity contribution in [2.45, 2.75) is 22.8 Å². The van der Waals surface area contributed by atoms with Crippen molar-refractivity contribution in [1.29, 1.82) is 0 Å². The number of aliphatic hydroxyl groups is 2. The molecule has 4 heteroatoms. The second-order valence-electron chi connectivity index (χ2n) is 1.82. The van der Waals surface area contributed by atoms with E-state index in [0.717, 1.165) is 0 Å². The van der Waals surface area contributed by atoms with Crippen molar-refractivity contribution in [3.63, 3.8) is 0 Å². The molecule has 2 unspecified atom stereocenters. The van der Waals surface area contributed by atoms with Crippen LogP contribution in [-0.4, -0.2) is 34.1 Å². The van der Waals surface area contributed by atoms with Gasteiger partial charge in [0.2, 0.25) is 0 Å². The molecular formula is C4H8O3Se. The second kappa shape index (κ2) is 2.23. The topological polar surface area (TPSA) is 57.5 Å². The summed E-state index contributed by atoms with van der Waals surface area (Å²) in [6, 6.07) is 0. The molecule has 1 rings (SSSR count). The fourth-order valence-electron chi connectivity index (χ4n) is 0.699. The van der Waals surface area contributed by atoms with E-state index in [4.69, 9.17) is 10.2 Å². The van der Waals surface area contributed by atoms with Crippen molar-refractivity contribution in [3.8, 4) is 0 Å². The molecule has 0 amide bonds. The zero-order valence-corrected chi connectivity index (χ0v) is 5.99. The molecule has 0 aromatic rings. The molecule has 2 N–H and O–H groups in total. The molecular weight excluding hydrogens is 175 g/mol. The van der Waals surface area contributed by atoms with Crippen LogP contribution in [0.1, 0.15) is 12.8 Å². The van der Waals surface area contributed by atoms with Gasteiger partial charge in [0.15, 0.2) is 0 Å². The summed E-state index contributed by atoms with van der Waals surface area (Å²) in [5, 5.41) is 16.1. The van der Waals surface area contributed by atoms with E-state index < -0.39 is 23.8 Å². The van der Waals surface area contributed by atoms with E-state index in [2.05, 4.69) is 0 Å².